The predicted octanol–water partition coefficient (Wildman–Crippen LogP) is 2.41. The van der Waals surface area contributed by atoms with Gasteiger partial charge < -0.3 is 5.73 Å². The minimum atomic E-state index is -0.428. The molecule has 80 valence electrons. The average Bonchev–Trinajstić information content (AvgIpc) is 2.76. The van der Waals surface area contributed by atoms with Gasteiger partial charge in [0.1, 0.15) is 0 Å². The first-order valence-corrected chi connectivity index (χ1v) is 6.03. The van der Waals surface area contributed by atoms with E-state index >= 15 is 0 Å². The molecule has 0 aromatic carbocycles. The molecule has 0 saturated heterocycles. The molecule has 2 heteroatoms. The molecule has 0 aromatic heterocycles. The monoisotopic (exact) mass is 195 g/mol. The fourth-order valence-electron chi connectivity index (χ4n) is 2.96. The summed E-state index contributed by atoms with van der Waals surface area (Å²) in [6.07, 6.45) is 10.0. The molecular formula is C12H21NO. The van der Waals surface area contributed by atoms with E-state index in [-0.39, 0.29) is 0 Å². The van der Waals surface area contributed by atoms with Gasteiger partial charge in [-0.1, -0.05) is 38.5 Å². The van der Waals surface area contributed by atoms with Crippen molar-refractivity contribution in [1.82, 2.24) is 0 Å². The quantitative estimate of drug-likeness (QED) is 0.751. The number of hydrogen-bond acceptors (Lipinski definition) is 2. The van der Waals surface area contributed by atoms with Crippen molar-refractivity contribution in [2.45, 2.75) is 63.3 Å². The number of carbonyl (C=O) groups excluding carboxylic acids is 1. The highest BCUT2D eigenvalue weighted by atomic mass is 16.1. The second-order valence-corrected chi connectivity index (χ2v) is 5.14. The number of hydrogen-bond donors (Lipinski definition) is 1. The van der Waals surface area contributed by atoms with Gasteiger partial charge in [0.2, 0.25) is 0 Å². The predicted molar refractivity (Wildman–Crippen MR) is 57.0 cm³/mol. The number of nitrogens with two attached hydrogens (primary N) is 1. The zero-order valence-electron chi connectivity index (χ0n) is 8.93. The van der Waals surface area contributed by atoms with Crippen LogP contribution < -0.4 is 5.73 Å². The van der Waals surface area contributed by atoms with Crippen molar-refractivity contribution in [3.05, 3.63) is 0 Å². The van der Waals surface area contributed by atoms with Crippen LogP contribution in [-0.2, 0) is 4.79 Å². The smallest absolute Gasteiger partial charge is 0.152 e. The van der Waals surface area contributed by atoms with Gasteiger partial charge in [0.15, 0.2) is 5.78 Å². The van der Waals surface area contributed by atoms with Gasteiger partial charge in [-0.3, -0.25) is 4.79 Å². The standard InChI is InChI=1S/C12H21NO/c13-12(7-3-4-8-12)11(14)9-10-5-1-2-6-10/h10H,1-9,13H2. The van der Waals surface area contributed by atoms with Gasteiger partial charge in [-0.15, -0.1) is 0 Å². The molecule has 0 atom stereocenters. The summed E-state index contributed by atoms with van der Waals surface area (Å²) in [6.45, 7) is 0. The largest absolute Gasteiger partial charge is 0.319 e. The second-order valence-electron chi connectivity index (χ2n) is 5.14. The number of rotatable bonds is 3. The summed E-state index contributed by atoms with van der Waals surface area (Å²) < 4.78 is 0. The van der Waals surface area contributed by atoms with Gasteiger partial charge in [0.25, 0.3) is 0 Å². The minimum absolute atomic E-state index is 0.349. The van der Waals surface area contributed by atoms with Crippen molar-refractivity contribution in [3.8, 4) is 0 Å². The lowest BCUT2D eigenvalue weighted by Gasteiger charge is -2.23. The lowest BCUT2D eigenvalue weighted by Crippen LogP contribution is -2.45. The van der Waals surface area contributed by atoms with Crippen LogP contribution in [0.5, 0.6) is 0 Å². The van der Waals surface area contributed by atoms with Crippen molar-refractivity contribution < 1.29 is 4.79 Å². The Morgan fingerprint density at radius 2 is 1.71 bits per heavy atom. The third kappa shape index (κ3) is 2.00. The molecule has 0 aliphatic heterocycles. The van der Waals surface area contributed by atoms with Crippen LogP contribution in [0.15, 0.2) is 0 Å². The van der Waals surface area contributed by atoms with Crippen LogP contribution >= 0.6 is 0 Å². The summed E-state index contributed by atoms with van der Waals surface area (Å²) in [7, 11) is 0. The summed E-state index contributed by atoms with van der Waals surface area (Å²) in [4.78, 5) is 12.0. The van der Waals surface area contributed by atoms with Crippen LogP contribution in [0.1, 0.15) is 57.8 Å². The van der Waals surface area contributed by atoms with Crippen LogP contribution in [0, 0.1) is 5.92 Å². The van der Waals surface area contributed by atoms with Crippen LogP contribution in [0.2, 0.25) is 0 Å². The molecule has 0 bridgehead atoms. The SMILES string of the molecule is NC1(C(=O)CC2CCCC2)CCCC1. The third-order valence-corrected chi connectivity index (χ3v) is 4.00. The molecule has 0 spiro atoms. The first-order chi connectivity index (χ1) is 6.71. The van der Waals surface area contributed by atoms with Crippen LogP contribution in [0.3, 0.4) is 0 Å². The summed E-state index contributed by atoms with van der Waals surface area (Å²) in [5.41, 5.74) is 5.70. The Labute approximate surface area is 86.2 Å². The maximum absolute atomic E-state index is 12.0. The first kappa shape index (κ1) is 10.2. The van der Waals surface area contributed by atoms with E-state index < -0.39 is 5.54 Å². The van der Waals surface area contributed by atoms with E-state index in [9.17, 15) is 4.79 Å². The molecule has 2 fully saturated rings. The number of carbonyl (C=O) groups is 1. The summed E-state index contributed by atoms with van der Waals surface area (Å²) in [5.74, 6) is 1.01. The van der Waals surface area contributed by atoms with E-state index in [1.54, 1.807) is 0 Å². The maximum Gasteiger partial charge on any atom is 0.152 e. The fraction of sp³-hybridized carbons (Fsp3) is 0.917. The van der Waals surface area contributed by atoms with Crippen LogP contribution in [0.25, 0.3) is 0 Å². The molecule has 2 nitrogen and oxygen atoms in total. The normalized spacial score (nSPS) is 26.9. The maximum atomic E-state index is 12.0. The zero-order valence-corrected chi connectivity index (χ0v) is 8.93. The molecule has 2 aliphatic carbocycles. The molecular weight excluding hydrogens is 174 g/mol. The van der Waals surface area contributed by atoms with E-state index in [1.165, 1.54) is 25.7 Å². The molecule has 2 N–H and O–H groups in total. The van der Waals surface area contributed by atoms with Crippen molar-refractivity contribution in [1.29, 1.82) is 0 Å². The molecule has 0 radical (unpaired) electrons. The van der Waals surface area contributed by atoms with Crippen molar-refractivity contribution in [3.63, 3.8) is 0 Å². The Bertz CT molecular complexity index is 212. The van der Waals surface area contributed by atoms with Crippen molar-refractivity contribution in [2.75, 3.05) is 0 Å². The Kier molecular flexibility index (Phi) is 2.91. The Balaban J connectivity index is 1.87. The summed E-state index contributed by atoms with van der Waals surface area (Å²) in [6, 6.07) is 0. The van der Waals surface area contributed by atoms with Gasteiger partial charge >= 0.3 is 0 Å². The van der Waals surface area contributed by atoms with Gasteiger partial charge in [-0.05, 0) is 18.8 Å². The van der Waals surface area contributed by atoms with E-state index in [1.807, 2.05) is 0 Å². The van der Waals surface area contributed by atoms with Gasteiger partial charge in [0, 0.05) is 6.42 Å². The molecule has 2 rings (SSSR count). The van der Waals surface area contributed by atoms with Crippen molar-refractivity contribution in [2.24, 2.45) is 11.7 Å². The third-order valence-electron chi connectivity index (χ3n) is 4.00. The van der Waals surface area contributed by atoms with E-state index in [0.717, 1.165) is 32.1 Å². The van der Waals surface area contributed by atoms with E-state index in [0.29, 0.717) is 11.7 Å². The Morgan fingerprint density at radius 3 is 2.29 bits per heavy atom. The van der Waals surface area contributed by atoms with Gasteiger partial charge in [-0.25, -0.2) is 0 Å². The van der Waals surface area contributed by atoms with E-state index in [2.05, 4.69) is 0 Å². The Hall–Kier alpha value is -0.370. The Morgan fingerprint density at radius 1 is 1.14 bits per heavy atom. The topological polar surface area (TPSA) is 43.1 Å². The lowest BCUT2D eigenvalue weighted by molar-refractivity contribution is -0.124. The number of ketones is 1. The lowest BCUT2D eigenvalue weighted by atomic mass is 9.87. The molecule has 0 unspecified atom stereocenters. The highest BCUT2D eigenvalue weighted by Crippen LogP contribution is 2.33. The van der Waals surface area contributed by atoms with Gasteiger partial charge in [0.05, 0.1) is 5.54 Å². The second kappa shape index (κ2) is 4.01. The highest BCUT2D eigenvalue weighted by Gasteiger charge is 2.37. The first-order valence-electron chi connectivity index (χ1n) is 6.03. The number of Topliss-reactive ketones (excluding diaryl/α,β-unsaturated/α-hetero) is 1. The molecule has 0 aromatic rings. The van der Waals surface area contributed by atoms with Crippen LogP contribution in [0.4, 0.5) is 0 Å². The van der Waals surface area contributed by atoms with Crippen molar-refractivity contribution >= 4 is 5.78 Å². The molecule has 2 saturated carbocycles. The van der Waals surface area contributed by atoms with Crippen LogP contribution in [-0.4, -0.2) is 11.3 Å². The van der Waals surface area contributed by atoms with E-state index in [4.69, 9.17) is 5.73 Å². The highest BCUT2D eigenvalue weighted by molar-refractivity contribution is 5.88. The summed E-state index contributed by atoms with van der Waals surface area (Å²) >= 11 is 0. The molecule has 2 aliphatic rings. The fourth-order valence-corrected chi connectivity index (χ4v) is 2.96. The molecule has 0 amide bonds. The summed E-state index contributed by atoms with van der Waals surface area (Å²) in [5, 5.41) is 0. The molecule has 14 heavy (non-hydrogen) atoms. The van der Waals surface area contributed by atoms with Gasteiger partial charge in [-0.2, -0.15) is 0 Å². The average molecular weight is 195 g/mol. The molecule has 0 heterocycles. The minimum Gasteiger partial charge on any atom is -0.319 e. The zero-order chi connectivity index (χ0) is 10.0.